The normalized spacial score (nSPS) is 12.1. The summed E-state index contributed by atoms with van der Waals surface area (Å²) in [4.78, 5) is 10.8. The molecule has 118 valence electrons. The zero-order valence-corrected chi connectivity index (χ0v) is 13.7. The molecule has 2 rings (SSSR count). The first-order valence-corrected chi connectivity index (χ1v) is 7.54. The number of halogens is 1. The van der Waals surface area contributed by atoms with Crippen molar-refractivity contribution in [2.45, 2.75) is 0 Å². The number of carboxylic acid groups (broad SMARTS) is 1. The maximum absolute atomic E-state index is 10.8. The largest absolute Gasteiger partial charge is 0.477 e. The summed E-state index contributed by atoms with van der Waals surface area (Å²) in [5.74, 6) is 4.05. The van der Waals surface area contributed by atoms with E-state index in [1.165, 1.54) is 6.08 Å². The molecule has 0 aromatic heterocycles. The average Bonchev–Trinajstić information content (AvgIpc) is 2.56. The smallest absolute Gasteiger partial charge is 0.353 e. The number of hydrogen-bond acceptors (Lipinski definition) is 4. The summed E-state index contributed by atoms with van der Waals surface area (Å²) in [6.45, 7) is 0. The first-order chi connectivity index (χ1) is 11.0. The van der Waals surface area contributed by atoms with Crippen LogP contribution in [0.1, 0.15) is 5.56 Å². The molecule has 6 N–H and O–H groups in total. The van der Waals surface area contributed by atoms with Gasteiger partial charge in [-0.2, -0.15) is 0 Å². The minimum Gasteiger partial charge on any atom is -0.477 e. The third kappa shape index (κ3) is 4.45. The van der Waals surface area contributed by atoms with Crippen molar-refractivity contribution < 1.29 is 9.90 Å². The zero-order valence-electron chi connectivity index (χ0n) is 12.2. The standard InChI is InChI=1S/C17H16BrN3O2/c18-14-8-6-13(7-9-14)12-4-1-11(2-5-12)3-10-15(21-20)16(19)17(22)23/h1-10,21H,19-20H2,(H,22,23)/b10-3+,16-15-. The lowest BCUT2D eigenvalue weighted by atomic mass is 10.0. The first kappa shape index (κ1) is 16.8. The van der Waals surface area contributed by atoms with Crippen LogP contribution in [0.15, 0.2) is 70.5 Å². The molecule has 2 aromatic carbocycles. The van der Waals surface area contributed by atoms with Crippen molar-refractivity contribution in [1.29, 1.82) is 0 Å². The SMILES string of the molecule is NNC(/C=C/c1ccc(-c2ccc(Br)cc2)cc1)=C(\N)C(=O)O. The van der Waals surface area contributed by atoms with Gasteiger partial charge in [0.15, 0.2) is 0 Å². The molecule has 0 bridgehead atoms. The van der Waals surface area contributed by atoms with Gasteiger partial charge in [0.1, 0.15) is 5.70 Å². The van der Waals surface area contributed by atoms with Crippen LogP contribution in [0.5, 0.6) is 0 Å². The molecule has 0 radical (unpaired) electrons. The topological polar surface area (TPSA) is 101 Å². The molecule has 0 unspecified atom stereocenters. The van der Waals surface area contributed by atoms with Crippen molar-refractivity contribution in [1.82, 2.24) is 5.43 Å². The number of aliphatic carboxylic acids is 1. The Morgan fingerprint density at radius 2 is 1.57 bits per heavy atom. The van der Waals surface area contributed by atoms with Gasteiger partial charge in [-0.1, -0.05) is 58.4 Å². The van der Waals surface area contributed by atoms with E-state index in [4.69, 9.17) is 16.7 Å². The number of carbonyl (C=O) groups is 1. The van der Waals surface area contributed by atoms with E-state index < -0.39 is 5.97 Å². The van der Waals surface area contributed by atoms with Gasteiger partial charge in [0.05, 0.1) is 5.70 Å². The van der Waals surface area contributed by atoms with E-state index in [1.807, 2.05) is 48.5 Å². The number of rotatable bonds is 5. The van der Waals surface area contributed by atoms with Gasteiger partial charge in [0.25, 0.3) is 0 Å². The molecule has 0 aliphatic heterocycles. The minimum absolute atomic E-state index is 0.148. The quantitative estimate of drug-likeness (QED) is 0.279. The molecule has 5 nitrogen and oxygen atoms in total. The van der Waals surface area contributed by atoms with E-state index in [0.717, 1.165) is 21.2 Å². The molecule has 0 aliphatic carbocycles. The average molecular weight is 374 g/mol. The maximum atomic E-state index is 10.8. The number of nitrogens with one attached hydrogen (secondary N) is 1. The molecule has 23 heavy (non-hydrogen) atoms. The fraction of sp³-hybridized carbons (Fsp3) is 0. The van der Waals surface area contributed by atoms with E-state index >= 15 is 0 Å². The molecule has 0 amide bonds. The van der Waals surface area contributed by atoms with Crippen molar-refractivity contribution in [3.05, 3.63) is 76.0 Å². The van der Waals surface area contributed by atoms with Gasteiger partial charge >= 0.3 is 5.97 Å². The van der Waals surface area contributed by atoms with Gasteiger partial charge in [0.2, 0.25) is 0 Å². The summed E-state index contributed by atoms with van der Waals surface area (Å²) in [6, 6.07) is 15.9. The summed E-state index contributed by atoms with van der Waals surface area (Å²) in [5.41, 5.74) is 10.6. The van der Waals surface area contributed by atoms with Crippen molar-refractivity contribution in [3.8, 4) is 11.1 Å². The highest BCUT2D eigenvalue weighted by Crippen LogP contribution is 2.22. The Balaban J connectivity index is 2.20. The summed E-state index contributed by atoms with van der Waals surface area (Å²) < 4.78 is 1.03. The van der Waals surface area contributed by atoms with Gasteiger partial charge < -0.3 is 16.3 Å². The monoisotopic (exact) mass is 373 g/mol. The van der Waals surface area contributed by atoms with Crippen LogP contribution in [-0.2, 0) is 4.79 Å². The lowest BCUT2D eigenvalue weighted by Crippen LogP contribution is -2.26. The van der Waals surface area contributed by atoms with Gasteiger partial charge in [-0.25, -0.2) is 4.79 Å². The third-order valence-electron chi connectivity index (χ3n) is 3.21. The molecule has 2 aromatic rings. The lowest BCUT2D eigenvalue weighted by Gasteiger charge is -2.04. The van der Waals surface area contributed by atoms with E-state index in [9.17, 15) is 4.79 Å². The van der Waals surface area contributed by atoms with Gasteiger partial charge in [-0.05, 0) is 34.9 Å². The van der Waals surface area contributed by atoms with E-state index in [2.05, 4.69) is 21.4 Å². The van der Waals surface area contributed by atoms with Crippen LogP contribution >= 0.6 is 15.9 Å². The van der Waals surface area contributed by atoms with Crippen molar-refractivity contribution >= 4 is 28.0 Å². The molecule has 0 atom stereocenters. The van der Waals surface area contributed by atoms with E-state index in [0.29, 0.717) is 0 Å². The number of benzene rings is 2. The molecule has 6 heteroatoms. The van der Waals surface area contributed by atoms with Gasteiger partial charge in [-0.15, -0.1) is 0 Å². The highest BCUT2D eigenvalue weighted by molar-refractivity contribution is 9.10. The first-order valence-electron chi connectivity index (χ1n) is 6.75. The Labute approximate surface area is 142 Å². The highest BCUT2D eigenvalue weighted by Gasteiger charge is 2.06. The Kier molecular flexibility index (Phi) is 5.56. The number of nitrogens with two attached hydrogens (primary N) is 2. The van der Waals surface area contributed by atoms with Crippen LogP contribution < -0.4 is 17.0 Å². The number of carboxylic acids is 1. The Bertz CT molecular complexity index is 750. The van der Waals surface area contributed by atoms with Crippen LogP contribution in [-0.4, -0.2) is 11.1 Å². The van der Waals surface area contributed by atoms with Crippen LogP contribution in [0.4, 0.5) is 0 Å². The van der Waals surface area contributed by atoms with Crippen LogP contribution in [0.2, 0.25) is 0 Å². The van der Waals surface area contributed by atoms with Crippen LogP contribution in [0, 0.1) is 0 Å². The summed E-state index contributed by atoms with van der Waals surface area (Å²) in [5, 5.41) is 8.85. The summed E-state index contributed by atoms with van der Waals surface area (Å²) in [6.07, 6.45) is 3.26. The second-order valence-electron chi connectivity index (χ2n) is 4.74. The third-order valence-corrected chi connectivity index (χ3v) is 3.74. The van der Waals surface area contributed by atoms with Crippen molar-refractivity contribution in [2.75, 3.05) is 0 Å². The Morgan fingerprint density at radius 3 is 2.04 bits per heavy atom. The molecule has 0 spiro atoms. The minimum atomic E-state index is -1.23. The molecule has 0 saturated carbocycles. The summed E-state index contributed by atoms with van der Waals surface area (Å²) in [7, 11) is 0. The number of allylic oxidation sites excluding steroid dienone is 1. The number of hydrazine groups is 1. The fourth-order valence-corrected chi connectivity index (χ4v) is 2.20. The van der Waals surface area contributed by atoms with Crippen molar-refractivity contribution in [2.24, 2.45) is 11.6 Å². The fourth-order valence-electron chi connectivity index (χ4n) is 1.94. The lowest BCUT2D eigenvalue weighted by molar-refractivity contribution is -0.132. The molecule has 0 aliphatic rings. The Hall–Kier alpha value is -2.57. The van der Waals surface area contributed by atoms with Crippen molar-refractivity contribution in [3.63, 3.8) is 0 Å². The molecule has 0 fully saturated rings. The molecule has 0 heterocycles. The molecular formula is C17H16BrN3O2. The predicted octanol–water partition coefficient (Wildman–Crippen LogP) is 2.85. The second-order valence-corrected chi connectivity index (χ2v) is 5.65. The van der Waals surface area contributed by atoms with E-state index in [1.54, 1.807) is 6.08 Å². The van der Waals surface area contributed by atoms with Crippen LogP contribution in [0.25, 0.3) is 17.2 Å². The molecular weight excluding hydrogens is 358 g/mol. The number of hydrogen-bond donors (Lipinski definition) is 4. The van der Waals surface area contributed by atoms with Crippen LogP contribution in [0.3, 0.4) is 0 Å². The van der Waals surface area contributed by atoms with E-state index in [-0.39, 0.29) is 11.4 Å². The summed E-state index contributed by atoms with van der Waals surface area (Å²) >= 11 is 3.41. The zero-order chi connectivity index (χ0) is 16.8. The van der Waals surface area contributed by atoms with Gasteiger partial charge in [0, 0.05) is 4.47 Å². The second kappa shape index (κ2) is 7.62. The molecule has 0 saturated heterocycles. The maximum Gasteiger partial charge on any atom is 0.353 e. The van der Waals surface area contributed by atoms with Gasteiger partial charge in [-0.3, -0.25) is 5.84 Å². The Morgan fingerprint density at radius 1 is 1.04 bits per heavy atom. The highest BCUT2D eigenvalue weighted by atomic mass is 79.9. The predicted molar refractivity (Wildman–Crippen MR) is 94.8 cm³/mol.